The second-order valence-electron chi connectivity index (χ2n) is 2.43. The van der Waals surface area contributed by atoms with Crippen molar-refractivity contribution < 1.29 is 27.4 Å². The Morgan fingerprint density at radius 3 is 2.43 bits per heavy atom. The monoisotopic (exact) mass is 212 g/mol. The van der Waals surface area contributed by atoms with E-state index >= 15 is 0 Å². The van der Waals surface area contributed by atoms with Gasteiger partial charge >= 0.3 is 12.1 Å². The van der Waals surface area contributed by atoms with Gasteiger partial charge in [0.15, 0.2) is 6.61 Å². The molecule has 0 rings (SSSR count). The highest BCUT2D eigenvalue weighted by molar-refractivity contribution is 5.87. The average Bonchev–Trinajstić information content (AvgIpc) is 2.09. The van der Waals surface area contributed by atoms with Crippen LogP contribution in [0.3, 0.4) is 0 Å². The summed E-state index contributed by atoms with van der Waals surface area (Å²) >= 11 is 0. The SMILES string of the molecule is C=C(COCC)C(=O)OCC(F)(F)F. The van der Waals surface area contributed by atoms with E-state index in [9.17, 15) is 18.0 Å². The minimum Gasteiger partial charge on any atom is -0.453 e. The molecule has 0 radical (unpaired) electrons. The van der Waals surface area contributed by atoms with Crippen LogP contribution >= 0.6 is 0 Å². The van der Waals surface area contributed by atoms with Crippen molar-refractivity contribution in [2.45, 2.75) is 13.1 Å². The first-order chi connectivity index (χ1) is 6.37. The Labute approximate surface area is 79.5 Å². The molecule has 3 nitrogen and oxygen atoms in total. The molecule has 0 aliphatic carbocycles. The minimum atomic E-state index is -4.51. The average molecular weight is 212 g/mol. The number of carbonyl (C=O) groups is 1. The molecule has 0 aromatic heterocycles. The van der Waals surface area contributed by atoms with E-state index in [4.69, 9.17) is 4.74 Å². The van der Waals surface area contributed by atoms with E-state index in [-0.39, 0.29) is 12.2 Å². The van der Waals surface area contributed by atoms with Gasteiger partial charge in [-0.05, 0) is 6.92 Å². The molecule has 0 bridgehead atoms. The fourth-order valence-electron chi connectivity index (χ4n) is 0.534. The zero-order valence-electron chi connectivity index (χ0n) is 7.69. The van der Waals surface area contributed by atoms with Crippen LogP contribution in [0.5, 0.6) is 0 Å². The molecule has 82 valence electrons. The van der Waals surface area contributed by atoms with Crippen molar-refractivity contribution in [1.82, 2.24) is 0 Å². The van der Waals surface area contributed by atoms with Gasteiger partial charge < -0.3 is 9.47 Å². The van der Waals surface area contributed by atoms with Crippen molar-refractivity contribution in [1.29, 1.82) is 0 Å². The Kier molecular flexibility index (Phi) is 5.22. The second kappa shape index (κ2) is 5.64. The van der Waals surface area contributed by atoms with Crippen LogP contribution in [-0.2, 0) is 14.3 Å². The van der Waals surface area contributed by atoms with Crippen LogP contribution in [0.25, 0.3) is 0 Å². The first-order valence-corrected chi connectivity index (χ1v) is 3.86. The van der Waals surface area contributed by atoms with Gasteiger partial charge in [0.25, 0.3) is 0 Å². The number of rotatable bonds is 5. The number of esters is 1. The van der Waals surface area contributed by atoms with Crippen LogP contribution in [0, 0.1) is 0 Å². The molecule has 0 aliphatic heterocycles. The fourth-order valence-corrected chi connectivity index (χ4v) is 0.534. The Hall–Kier alpha value is -1.04. The van der Waals surface area contributed by atoms with Crippen molar-refractivity contribution in [2.24, 2.45) is 0 Å². The van der Waals surface area contributed by atoms with Gasteiger partial charge in [0.2, 0.25) is 0 Å². The van der Waals surface area contributed by atoms with Gasteiger partial charge in [-0.25, -0.2) is 4.79 Å². The summed E-state index contributed by atoms with van der Waals surface area (Å²) in [6.45, 7) is 3.55. The zero-order chi connectivity index (χ0) is 11.2. The molecule has 0 aliphatic rings. The van der Waals surface area contributed by atoms with Gasteiger partial charge in [-0.1, -0.05) is 6.58 Å². The molecule has 0 amide bonds. The second-order valence-corrected chi connectivity index (χ2v) is 2.43. The number of ether oxygens (including phenoxy) is 2. The lowest BCUT2D eigenvalue weighted by Gasteiger charge is -2.08. The van der Waals surface area contributed by atoms with E-state index in [1.165, 1.54) is 0 Å². The largest absolute Gasteiger partial charge is 0.453 e. The van der Waals surface area contributed by atoms with E-state index < -0.39 is 18.8 Å². The van der Waals surface area contributed by atoms with Crippen LogP contribution in [0.1, 0.15) is 6.92 Å². The normalized spacial score (nSPS) is 11.1. The number of hydrogen-bond donors (Lipinski definition) is 0. The molecule has 0 fully saturated rings. The number of carbonyl (C=O) groups excluding carboxylic acids is 1. The maximum atomic E-state index is 11.6. The van der Waals surface area contributed by atoms with Crippen LogP contribution < -0.4 is 0 Å². The fraction of sp³-hybridized carbons (Fsp3) is 0.625. The smallest absolute Gasteiger partial charge is 0.422 e. The lowest BCUT2D eigenvalue weighted by molar-refractivity contribution is -0.183. The van der Waals surface area contributed by atoms with E-state index in [0.717, 1.165) is 0 Å². The highest BCUT2D eigenvalue weighted by Gasteiger charge is 2.29. The Morgan fingerprint density at radius 1 is 1.43 bits per heavy atom. The van der Waals surface area contributed by atoms with E-state index in [2.05, 4.69) is 11.3 Å². The maximum Gasteiger partial charge on any atom is 0.422 e. The summed E-state index contributed by atoms with van der Waals surface area (Å²) in [6, 6.07) is 0. The molecule has 0 unspecified atom stereocenters. The lowest BCUT2D eigenvalue weighted by atomic mass is 10.3. The van der Waals surface area contributed by atoms with Crippen molar-refractivity contribution in [2.75, 3.05) is 19.8 Å². The summed E-state index contributed by atoms with van der Waals surface area (Å²) in [5.74, 6) is -1.09. The minimum absolute atomic E-state index is 0.118. The molecular weight excluding hydrogens is 201 g/mol. The first-order valence-electron chi connectivity index (χ1n) is 3.86. The highest BCUT2D eigenvalue weighted by atomic mass is 19.4. The van der Waals surface area contributed by atoms with Crippen LogP contribution in [0.15, 0.2) is 12.2 Å². The van der Waals surface area contributed by atoms with Crippen LogP contribution in [-0.4, -0.2) is 32.0 Å². The standard InChI is InChI=1S/C8H11F3O3/c1-3-13-4-6(2)7(12)14-5-8(9,10)11/h2-5H2,1H3. The summed E-state index contributed by atoms with van der Waals surface area (Å²) in [5, 5.41) is 0. The zero-order valence-corrected chi connectivity index (χ0v) is 7.69. The molecule has 0 heterocycles. The third-order valence-electron chi connectivity index (χ3n) is 1.14. The van der Waals surface area contributed by atoms with Gasteiger partial charge in [-0.15, -0.1) is 0 Å². The molecular formula is C8H11F3O3. The molecule has 0 saturated heterocycles. The van der Waals surface area contributed by atoms with Gasteiger partial charge in [0.05, 0.1) is 12.2 Å². The molecule has 0 atom stereocenters. The van der Waals surface area contributed by atoms with E-state index in [1.54, 1.807) is 6.92 Å². The van der Waals surface area contributed by atoms with Crippen LogP contribution in [0.2, 0.25) is 0 Å². The number of alkyl halides is 3. The van der Waals surface area contributed by atoms with E-state index in [1.807, 2.05) is 0 Å². The van der Waals surface area contributed by atoms with Crippen molar-refractivity contribution >= 4 is 5.97 Å². The third kappa shape index (κ3) is 6.47. The Balaban J connectivity index is 3.79. The van der Waals surface area contributed by atoms with Crippen molar-refractivity contribution in [3.63, 3.8) is 0 Å². The maximum absolute atomic E-state index is 11.6. The van der Waals surface area contributed by atoms with Crippen molar-refractivity contribution in [3.05, 3.63) is 12.2 Å². The Bertz CT molecular complexity index is 210. The topological polar surface area (TPSA) is 35.5 Å². The van der Waals surface area contributed by atoms with Gasteiger partial charge in [0, 0.05) is 6.61 Å². The highest BCUT2D eigenvalue weighted by Crippen LogP contribution is 2.15. The third-order valence-corrected chi connectivity index (χ3v) is 1.14. The van der Waals surface area contributed by atoms with Crippen LogP contribution in [0.4, 0.5) is 13.2 Å². The summed E-state index contributed by atoms with van der Waals surface area (Å²) in [5.41, 5.74) is -0.129. The molecule has 0 aromatic carbocycles. The first kappa shape index (κ1) is 13.0. The summed E-state index contributed by atoms with van der Waals surface area (Å²) < 4.78 is 43.5. The lowest BCUT2D eigenvalue weighted by Crippen LogP contribution is -2.22. The van der Waals surface area contributed by atoms with Crippen molar-refractivity contribution in [3.8, 4) is 0 Å². The summed E-state index contributed by atoms with van der Waals surface area (Å²) in [6.07, 6.45) is -4.51. The molecule has 0 spiro atoms. The van der Waals surface area contributed by atoms with Gasteiger partial charge in [-0.2, -0.15) is 13.2 Å². The van der Waals surface area contributed by atoms with Gasteiger partial charge in [0.1, 0.15) is 0 Å². The molecule has 0 aromatic rings. The molecule has 0 saturated carbocycles. The summed E-state index contributed by atoms with van der Waals surface area (Å²) in [4.78, 5) is 10.8. The van der Waals surface area contributed by atoms with E-state index in [0.29, 0.717) is 6.61 Å². The molecule has 0 N–H and O–H groups in total. The molecule has 14 heavy (non-hydrogen) atoms. The Morgan fingerprint density at radius 2 is 2.00 bits per heavy atom. The molecule has 6 heteroatoms. The number of halogens is 3. The van der Waals surface area contributed by atoms with Gasteiger partial charge in [-0.3, -0.25) is 0 Å². The predicted molar refractivity (Wildman–Crippen MR) is 42.6 cm³/mol. The number of hydrogen-bond acceptors (Lipinski definition) is 3. The quantitative estimate of drug-likeness (QED) is 0.513. The summed E-state index contributed by atoms with van der Waals surface area (Å²) in [7, 11) is 0. The predicted octanol–water partition coefficient (Wildman–Crippen LogP) is 1.68.